The van der Waals surface area contributed by atoms with E-state index in [1.54, 1.807) is 4.90 Å². The topological polar surface area (TPSA) is 88.2 Å². The summed E-state index contributed by atoms with van der Waals surface area (Å²) in [5.74, 6) is -0.195. The number of amides is 1. The summed E-state index contributed by atoms with van der Waals surface area (Å²) in [4.78, 5) is 13.4. The Hall–Kier alpha value is -1.30. The average Bonchev–Trinajstić information content (AvgIpc) is 2.21. The van der Waals surface area contributed by atoms with Crippen molar-refractivity contribution in [2.75, 3.05) is 13.2 Å². The van der Waals surface area contributed by atoms with Crippen LogP contribution in [0.25, 0.3) is 0 Å². The van der Waals surface area contributed by atoms with E-state index in [4.69, 9.17) is 15.7 Å². The lowest BCUT2D eigenvalue weighted by atomic mass is 10.2. The van der Waals surface area contributed by atoms with Crippen LogP contribution in [0.2, 0.25) is 0 Å². The molecule has 15 heavy (non-hydrogen) atoms. The molecule has 1 rings (SSSR count). The predicted octanol–water partition coefficient (Wildman–Crippen LogP) is -0.241. The molecule has 2 unspecified atom stereocenters. The highest BCUT2D eigenvalue weighted by Crippen LogP contribution is 2.12. The Bertz CT molecular complexity index is 267. The number of hydrogen-bond donors (Lipinski definition) is 2. The number of nitrogens with zero attached hydrogens (tertiary/aromatic N) is 2. The Labute approximate surface area is 88.7 Å². The maximum atomic E-state index is 11.7. The maximum Gasteiger partial charge on any atom is 0.230 e. The second-order valence-corrected chi connectivity index (χ2v) is 3.81. The fourth-order valence-corrected chi connectivity index (χ4v) is 1.54. The van der Waals surface area contributed by atoms with Crippen LogP contribution in [0.1, 0.15) is 20.3 Å². The second-order valence-electron chi connectivity index (χ2n) is 3.81. The maximum absolute atomic E-state index is 11.7. The summed E-state index contributed by atoms with van der Waals surface area (Å²) in [6.07, 6.45) is -0.00876. The van der Waals surface area contributed by atoms with Gasteiger partial charge in [0.05, 0.1) is 25.2 Å². The number of amidine groups is 1. The van der Waals surface area contributed by atoms with Gasteiger partial charge in [-0.3, -0.25) is 4.79 Å². The van der Waals surface area contributed by atoms with Gasteiger partial charge in [0.25, 0.3) is 0 Å². The molecule has 6 nitrogen and oxygen atoms in total. The van der Waals surface area contributed by atoms with Crippen LogP contribution >= 0.6 is 0 Å². The Morgan fingerprint density at radius 3 is 2.93 bits per heavy atom. The van der Waals surface area contributed by atoms with E-state index in [-0.39, 0.29) is 30.3 Å². The van der Waals surface area contributed by atoms with Crippen LogP contribution in [0, 0.1) is 0 Å². The fraction of sp³-hybridized carbons (Fsp3) is 0.778. The minimum atomic E-state index is -0.132. The van der Waals surface area contributed by atoms with Crippen molar-refractivity contribution in [1.82, 2.24) is 4.90 Å². The zero-order valence-electron chi connectivity index (χ0n) is 9.01. The zero-order chi connectivity index (χ0) is 11.4. The molecule has 0 aromatic heterocycles. The van der Waals surface area contributed by atoms with Gasteiger partial charge in [-0.25, -0.2) is 0 Å². The molecule has 1 aliphatic rings. The van der Waals surface area contributed by atoms with Gasteiger partial charge in [0.2, 0.25) is 5.91 Å². The van der Waals surface area contributed by atoms with Gasteiger partial charge in [-0.2, -0.15) is 0 Å². The quantitative estimate of drug-likeness (QED) is 0.288. The molecule has 1 fully saturated rings. The first-order chi connectivity index (χ1) is 7.04. The molecule has 1 saturated heterocycles. The van der Waals surface area contributed by atoms with E-state index in [0.29, 0.717) is 13.2 Å². The summed E-state index contributed by atoms with van der Waals surface area (Å²) in [7, 11) is 0. The normalized spacial score (nSPS) is 27.9. The van der Waals surface area contributed by atoms with Gasteiger partial charge < -0.3 is 20.6 Å². The number of rotatable bonds is 2. The van der Waals surface area contributed by atoms with E-state index in [2.05, 4.69) is 5.16 Å². The van der Waals surface area contributed by atoms with Gasteiger partial charge in [-0.1, -0.05) is 5.16 Å². The molecule has 2 atom stereocenters. The molecule has 1 amide bonds. The summed E-state index contributed by atoms with van der Waals surface area (Å²) in [5.41, 5.74) is 5.28. The van der Waals surface area contributed by atoms with Crippen LogP contribution < -0.4 is 5.73 Å². The summed E-state index contributed by atoms with van der Waals surface area (Å²) >= 11 is 0. The van der Waals surface area contributed by atoms with E-state index < -0.39 is 0 Å². The third-order valence-corrected chi connectivity index (χ3v) is 2.39. The van der Waals surface area contributed by atoms with Gasteiger partial charge in [-0.05, 0) is 13.8 Å². The number of oxime groups is 1. The van der Waals surface area contributed by atoms with Crippen molar-refractivity contribution in [3.05, 3.63) is 0 Å². The van der Waals surface area contributed by atoms with E-state index in [1.165, 1.54) is 0 Å². The molecule has 1 heterocycles. The molecule has 0 aromatic carbocycles. The standard InChI is InChI=1S/C9H17N3O3/c1-6-5-15-7(2)4-12(6)9(13)3-8(10)11-14/h6-7,14H,3-5H2,1-2H3,(H2,10,11). The number of morpholine rings is 1. The van der Waals surface area contributed by atoms with E-state index in [0.717, 1.165) is 0 Å². The number of nitrogens with two attached hydrogens (primary N) is 1. The zero-order valence-corrected chi connectivity index (χ0v) is 9.01. The van der Waals surface area contributed by atoms with Crippen molar-refractivity contribution in [2.24, 2.45) is 10.9 Å². The Kier molecular flexibility index (Phi) is 3.90. The highest BCUT2D eigenvalue weighted by molar-refractivity contribution is 5.98. The molecular formula is C9H17N3O3. The van der Waals surface area contributed by atoms with Gasteiger partial charge in [0.15, 0.2) is 0 Å². The van der Waals surface area contributed by atoms with Crippen molar-refractivity contribution in [2.45, 2.75) is 32.4 Å². The molecule has 0 saturated carbocycles. The lowest BCUT2D eigenvalue weighted by Gasteiger charge is -2.36. The molecule has 6 heteroatoms. The molecular weight excluding hydrogens is 198 g/mol. The smallest absolute Gasteiger partial charge is 0.230 e. The van der Waals surface area contributed by atoms with Gasteiger partial charge in [0, 0.05) is 6.54 Å². The Morgan fingerprint density at radius 2 is 2.33 bits per heavy atom. The molecule has 1 aliphatic heterocycles. The van der Waals surface area contributed by atoms with Gasteiger partial charge >= 0.3 is 0 Å². The summed E-state index contributed by atoms with van der Waals surface area (Å²) in [6, 6.07) is 0.0418. The third-order valence-electron chi connectivity index (χ3n) is 2.39. The lowest BCUT2D eigenvalue weighted by Crippen LogP contribution is -2.50. The molecule has 0 aliphatic carbocycles. The van der Waals surface area contributed by atoms with Gasteiger partial charge in [0.1, 0.15) is 5.84 Å². The van der Waals surface area contributed by atoms with Crippen LogP contribution in [0.4, 0.5) is 0 Å². The monoisotopic (exact) mass is 215 g/mol. The molecule has 86 valence electrons. The number of ether oxygens (including phenoxy) is 1. The van der Waals surface area contributed by atoms with Gasteiger partial charge in [-0.15, -0.1) is 0 Å². The average molecular weight is 215 g/mol. The Balaban J connectivity index is 2.57. The first kappa shape index (κ1) is 11.8. The van der Waals surface area contributed by atoms with E-state index in [9.17, 15) is 4.79 Å². The summed E-state index contributed by atoms with van der Waals surface area (Å²) in [5, 5.41) is 11.2. The van der Waals surface area contributed by atoms with E-state index in [1.807, 2.05) is 13.8 Å². The van der Waals surface area contributed by atoms with Crippen LogP contribution in [0.3, 0.4) is 0 Å². The highest BCUT2D eigenvalue weighted by atomic mass is 16.5. The summed E-state index contributed by atoms with van der Waals surface area (Å²) in [6.45, 7) is 4.91. The van der Waals surface area contributed by atoms with Crippen LogP contribution in [-0.2, 0) is 9.53 Å². The molecule has 0 bridgehead atoms. The van der Waals surface area contributed by atoms with Crippen LogP contribution in [0.15, 0.2) is 5.16 Å². The van der Waals surface area contributed by atoms with Crippen molar-refractivity contribution >= 4 is 11.7 Å². The van der Waals surface area contributed by atoms with Crippen LogP contribution in [-0.4, -0.2) is 47.1 Å². The predicted molar refractivity (Wildman–Crippen MR) is 54.6 cm³/mol. The largest absolute Gasteiger partial charge is 0.409 e. The summed E-state index contributed by atoms with van der Waals surface area (Å²) < 4.78 is 5.40. The highest BCUT2D eigenvalue weighted by Gasteiger charge is 2.27. The van der Waals surface area contributed by atoms with Crippen molar-refractivity contribution in [1.29, 1.82) is 0 Å². The first-order valence-corrected chi connectivity index (χ1v) is 4.92. The number of carbonyl (C=O) groups is 1. The number of hydrogen-bond acceptors (Lipinski definition) is 4. The first-order valence-electron chi connectivity index (χ1n) is 4.92. The molecule has 0 aromatic rings. The van der Waals surface area contributed by atoms with E-state index >= 15 is 0 Å². The minimum Gasteiger partial charge on any atom is -0.409 e. The second kappa shape index (κ2) is 4.97. The third kappa shape index (κ3) is 3.09. The molecule has 0 spiro atoms. The molecule has 0 radical (unpaired) electrons. The lowest BCUT2D eigenvalue weighted by molar-refractivity contribution is -0.141. The van der Waals surface area contributed by atoms with Crippen molar-refractivity contribution in [3.63, 3.8) is 0 Å². The SMILES string of the molecule is CC1CN(C(=O)C/C(N)=N/O)C(C)CO1. The van der Waals surface area contributed by atoms with Crippen molar-refractivity contribution < 1.29 is 14.7 Å². The van der Waals surface area contributed by atoms with Crippen LogP contribution in [0.5, 0.6) is 0 Å². The Morgan fingerprint density at radius 1 is 1.67 bits per heavy atom. The molecule has 3 N–H and O–H groups in total. The van der Waals surface area contributed by atoms with Crippen molar-refractivity contribution in [3.8, 4) is 0 Å². The minimum absolute atomic E-state index is 0.0393. The number of carbonyl (C=O) groups excluding carboxylic acids is 1. The fourth-order valence-electron chi connectivity index (χ4n) is 1.54.